The average molecular weight is 154 g/mol. The molecule has 0 radical (unpaired) electrons. The van der Waals surface area contributed by atoms with Gasteiger partial charge in [0.05, 0.1) is 6.04 Å². The van der Waals surface area contributed by atoms with E-state index in [0.29, 0.717) is 0 Å². The maximum absolute atomic E-state index is 5.61. The van der Waals surface area contributed by atoms with E-state index in [1.807, 2.05) is 38.1 Å². The van der Waals surface area contributed by atoms with E-state index in [2.05, 4.69) is 0 Å². The third-order valence-electron chi connectivity index (χ3n) is 1.50. The van der Waals surface area contributed by atoms with E-state index in [-0.39, 0.29) is 6.04 Å². The summed E-state index contributed by atoms with van der Waals surface area (Å²) in [5.41, 5.74) is 5.61. The molecule has 1 heterocycles. The molecule has 0 aliphatic carbocycles. The van der Waals surface area contributed by atoms with Crippen molar-refractivity contribution in [3.63, 3.8) is 0 Å². The molecule has 0 amide bonds. The molecule has 11 heavy (non-hydrogen) atoms. The van der Waals surface area contributed by atoms with Gasteiger partial charge >= 0.3 is 0 Å². The van der Waals surface area contributed by atoms with Crippen molar-refractivity contribution in [2.75, 3.05) is 19.0 Å². The van der Waals surface area contributed by atoms with Gasteiger partial charge in [-0.2, -0.15) is 0 Å². The fourth-order valence-corrected chi connectivity index (χ4v) is 0.827. The molecule has 1 aromatic rings. The lowest BCUT2D eigenvalue weighted by molar-refractivity contribution is 0.482. The zero-order valence-corrected chi connectivity index (χ0v) is 7.16. The molecule has 0 saturated heterocycles. The highest BCUT2D eigenvalue weighted by Crippen LogP contribution is 2.19. The molecule has 0 spiro atoms. The molecule has 0 saturated carbocycles. The first kappa shape index (κ1) is 8.14. The summed E-state index contributed by atoms with van der Waals surface area (Å²) in [5.74, 6) is 1.67. The van der Waals surface area contributed by atoms with Crippen LogP contribution in [0.15, 0.2) is 16.5 Å². The minimum Gasteiger partial charge on any atom is -0.444 e. The van der Waals surface area contributed by atoms with Gasteiger partial charge in [-0.1, -0.05) is 0 Å². The minimum atomic E-state index is -0.0244. The van der Waals surface area contributed by atoms with E-state index in [0.717, 1.165) is 11.6 Å². The van der Waals surface area contributed by atoms with Gasteiger partial charge in [-0.25, -0.2) is 0 Å². The summed E-state index contributed by atoms with van der Waals surface area (Å²) in [6, 6.07) is 3.79. The van der Waals surface area contributed by atoms with Crippen molar-refractivity contribution in [3.8, 4) is 0 Å². The number of hydrogen-bond acceptors (Lipinski definition) is 3. The van der Waals surface area contributed by atoms with Crippen LogP contribution in [0.4, 0.5) is 5.88 Å². The van der Waals surface area contributed by atoms with E-state index in [1.165, 1.54) is 0 Å². The van der Waals surface area contributed by atoms with Crippen molar-refractivity contribution in [2.45, 2.75) is 13.0 Å². The predicted molar refractivity (Wildman–Crippen MR) is 45.6 cm³/mol. The van der Waals surface area contributed by atoms with Crippen LogP contribution in [0.3, 0.4) is 0 Å². The van der Waals surface area contributed by atoms with E-state index >= 15 is 0 Å². The molecule has 0 unspecified atom stereocenters. The van der Waals surface area contributed by atoms with Crippen LogP contribution in [0.5, 0.6) is 0 Å². The van der Waals surface area contributed by atoms with Crippen LogP contribution in [0, 0.1) is 0 Å². The van der Waals surface area contributed by atoms with Gasteiger partial charge in [0.25, 0.3) is 0 Å². The normalized spacial score (nSPS) is 13.1. The van der Waals surface area contributed by atoms with Crippen LogP contribution >= 0.6 is 0 Å². The molecular formula is C8H14N2O. The van der Waals surface area contributed by atoms with Gasteiger partial charge in [0, 0.05) is 20.2 Å². The van der Waals surface area contributed by atoms with Gasteiger partial charge < -0.3 is 15.1 Å². The first-order valence-electron chi connectivity index (χ1n) is 3.64. The van der Waals surface area contributed by atoms with Crippen molar-refractivity contribution < 1.29 is 4.42 Å². The maximum atomic E-state index is 5.61. The SMILES string of the molecule is C[C@@H](N)c1ccc(N(C)C)o1. The Morgan fingerprint density at radius 2 is 2.09 bits per heavy atom. The van der Waals surface area contributed by atoms with Gasteiger partial charge in [-0.3, -0.25) is 0 Å². The summed E-state index contributed by atoms with van der Waals surface area (Å²) >= 11 is 0. The summed E-state index contributed by atoms with van der Waals surface area (Å²) in [7, 11) is 3.87. The fraction of sp³-hybridized carbons (Fsp3) is 0.500. The molecule has 3 nitrogen and oxygen atoms in total. The number of furan rings is 1. The molecule has 0 fully saturated rings. The van der Waals surface area contributed by atoms with Gasteiger partial charge in [0.1, 0.15) is 5.76 Å². The molecule has 0 aliphatic heterocycles. The monoisotopic (exact) mass is 154 g/mol. The van der Waals surface area contributed by atoms with Crippen LogP contribution in [0.25, 0.3) is 0 Å². The van der Waals surface area contributed by atoms with Crippen LogP contribution in [-0.4, -0.2) is 14.1 Å². The summed E-state index contributed by atoms with van der Waals surface area (Å²) < 4.78 is 5.41. The topological polar surface area (TPSA) is 42.4 Å². The Bertz CT molecular complexity index is 205. The van der Waals surface area contributed by atoms with Crippen LogP contribution < -0.4 is 10.6 Å². The summed E-state index contributed by atoms with van der Waals surface area (Å²) in [4.78, 5) is 1.91. The van der Waals surface area contributed by atoms with Crippen LogP contribution in [0.2, 0.25) is 0 Å². The number of nitrogens with zero attached hydrogens (tertiary/aromatic N) is 1. The Labute approximate surface area is 66.8 Å². The van der Waals surface area contributed by atoms with Crippen molar-refractivity contribution in [1.29, 1.82) is 0 Å². The Balaban J connectivity index is 2.82. The second-order valence-electron chi connectivity index (χ2n) is 2.86. The van der Waals surface area contributed by atoms with E-state index in [9.17, 15) is 0 Å². The molecular weight excluding hydrogens is 140 g/mol. The van der Waals surface area contributed by atoms with Crippen LogP contribution in [0.1, 0.15) is 18.7 Å². The molecule has 1 atom stereocenters. The van der Waals surface area contributed by atoms with E-state index in [1.54, 1.807) is 0 Å². The fourth-order valence-electron chi connectivity index (χ4n) is 0.827. The Morgan fingerprint density at radius 1 is 1.45 bits per heavy atom. The second-order valence-corrected chi connectivity index (χ2v) is 2.86. The maximum Gasteiger partial charge on any atom is 0.195 e. The smallest absolute Gasteiger partial charge is 0.195 e. The average Bonchev–Trinajstić information content (AvgIpc) is 2.33. The third kappa shape index (κ3) is 1.74. The zero-order valence-electron chi connectivity index (χ0n) is 7.16. The van der Waals surface area contributed by atoms with Gasteiger partial charge in [-0.15, -0.1) is 0 Å². The van der Waals surface area contributed by atoms with Crippen molar-refractivity contribution >= 4 is 5.88 Å². The molecule has 0 bridgehead atoms. The molecule has 1 aromatic heterocycles. The number of rotatable bonds is 2. The highest BCUT2D eigenvalue weighted by molar-refractivity contribution is 5.34. The Morgan fingerprint density at radius 3 is 2.36 bits per heavy atom. The Hall–Kier alpha value is -0.960. The third-order valence-corrected chi connectivity index (χ3v) is 1.50. The first-order chi connectivity index (χ1) is 5.11. The molecule has 1 rings (SSSR count). The molecule has 0 aromatic carbocycles. The lowest BCUT2D eigenvalue weighted by atomic mass is 10.3. The highest BCUT2D eigenvalue weighted by Gasteiger charge is 2.06. The summed E-state index contributed by atoms with van der Waals surface area (Å²) in [6.45, 7) is 1.90. The van der Waals surface area contributed by atoms with Crippen molar-refractivity contribution in [3.05, 3.63) is 17.9 Å². The lowest BCUT2D eigenvalue weighted by Gasteiger charge is -2.07. The molecule has 2 N–H and O–H groups in total. The number of hydrogen-bond donors (Lipinski definition) is 1. The second kappa shape index (κ2) is 2.96. The minimum absolute atomic E-state index is 0.0244. The number of nitrogens with two attached hydrogens (primary N) is 1. The van der Waals surface area contributed by atoms with Crippen molar-refractivity contribution in [1.82, 2.24) is 0 Å². The molecule has 62 valence electrons. The summed E-state index contributed by atoms with van der Waals surface area (Å²) in [6.07, 6.45) is 0. The summed E-state index contributed by atoms with van der Waals surface area (Å²) in [5, 5.41) is 0. The highest BCUT2D eigenvalue weighted by atomic mass is 16.4. The largest absolute Gasteiger partial charge is 0.444 e. The van der Waals surface area contributed by atoms with Crippen LogP contribution in [-0.2, 0) is 0 Å². The lowest BCUT2D eigenvalue weighted by Crippen LogP contribution is -2.07. The van der Waals surface area contributed by atoms with E-state index in [4.69, 9.17) is 10.2 Å². The van der Waals surface area contributed by atoms with Gasteiger partial charge in [0.2, 0.25) is 0 Å². The van der Waals surface area contributed by atoms with Gasteiger partial charge in [-0.05, 0) is 13.0 Å². The standard InChI is InChI=1S/C8H14N2O/c1-6(9)7-4-5-8(11-7)10(2)3/h4-6H,9H2,1-3H3/t6-/m1/s1. The van der Waals surface area contributed by atoms with E-state index < -0.39 is 0 Å². The van der Waals surface area contributed by atoms with Gasteiger partial charge in [0.15, 0.2) is 5.88 Å². The predicted octanol–water partition coefficient (Wildman–Crippen LogP) is 1.37. The molecule has 3 heteroatoms. The van der Waals surface area contributed by atoms with Crippen molar-refractivity contribution in [2.24, 2.45) is 5.73 Å². The molecule has 0 aliphatic rings. The Kier molecular flexibility index (Phi) is 2.19. The first-order valence-corrected chi connectivity index (χ1v) is 3.64. The zero-order chi connectivity index (χ0) is 8.43. The quantitative estimate of drug-likeness (QED) is 0.699. The number of anilines is 1.